The largest absolute Gasteiger partial charge is 0.355 e. The van der Waals surface area contributed by atoms with Crippen LogP contribution in [0.1, 0.15) is 18.3 Å². The second kappa shape index (κ2) is 9.62. The SMILES string of the molecule is CC(Sc1ccc(Cl)cc1)C(=O)NCCc1nccn1Cc1ccccc1. The fourth-order valence-electron chi connectivity index (χ4n) is 2.70. The molecule has 1 amide bonds. The lowest BCUT2D eigenvalue weighted by Gasteiger charge is -2.13. The van der Waals surface area contributed by atoms with Gasteiger partial charge in [0.25, 0.3) is 0 Å². The minimum Gasteiger partial charge on any atom is -0.355 e. The molecule has 0 spiro atoms. The van der Waals surface area contributed by atoms with Gasteiger partial charge in [0.15, 0.2) is 0 Å². The number of benzene rings is 2. The van der Waals surface area contributed by atoms with Gasteiger partial charge in [-0.05, 0) is 36.8 Å². The smallest absolute Gasteiger partial charge is 0.233 e. The molecule has 3 aromatic rings. The van der Waals surface area contributed by atoms with Gasteiger partial charge in [0.2, 0.25) is 5.91 Å². The van der Waals surface area contributed by atoms with E-state index in [0.717, 1.165) is 17.3 Å². The van der Waals surface area contributed by atoms with Crippen LogP contribution in [0.4, 0.5) is 0 Å². The van der Waals surface area contributed by atoms with Crippen molar-refractivity contribution < 1.29 is 4.79 Å². The maximum atomic E-state index is 12.3. The molecule has 0 aliphatic carbocycles. The summed E-state index contributed by atoms with van der Waals surface area (Å²) in [5.74, 6) is 0.994. The van der Waals surface area contributed by atoms with Crippen molar-refractivity contribution in [3.8, 4) is 0 Å². The van der Waals surface area contributed by atoms with E-state index >= 15 is 0 Å². The first-order valence-corrected chi connectivity index (χ1v) is 10.1. The highest BCUT2D eigenvalue weighted by molar-refractivity contribution is 8.00. The summed E-state index contributed by atoms with van der Waals surface area (Å²) < 4.78 is 2.12. The maximum Gasteiger partial charge on any atom is 0.233 e. The van der Waals surface area contributed by atoms with Gasteiger partial charge in [0.05, 0.1) is 5.25 Å². The fourth-order valence-corrected chi connectivity index (χ4v) is 3.72. The van der Waals surface area contributed by atoms with Crippen LogP contribution in [0.5, 0.6) is 0 Å². The summed E-state index contributed by atoms with van der Waals surface area (Å²) in [6.07, 6.45) is 4.48. The van der Waals surface area contributed by atoms with Gasteiger partial charge in [0.1, 0.15) is 5.82 Å². The molecule has 1 N–H and O–H groups in total. The molecule has 1 aromatic heterocycles. The number of rotatable bonds is 8. The molecule has 1 heterocycles. The van der Waals surface area contributed by atoms with Crippen molar-refractivity contribution in [3.63, 3.8) is 0 Å². The monoisotopic (exact) mass is 399 g/mol. The predicted octanol–water partition coefficient (Wildman–Crippen LogP) is 4.42. The lowest BCUT2D eigenvalue weighted by atomic mass is 10.2. The lowest BCUT2D eigenvalue weighted by Crippen LogP contribution is -2.32. The third-order valence-corrected chi connectivity index (χ3v) is 5.50. The first-order chi connectivity index (χ1) is 13.1. The second-order valence-corrected chi connectivity index (χ2v) is 8.06. The first-order valence-electron chi connectivity index (χ1n) is 8.85. The van der Waals surface area contributed by atoms with E-state index in [1.807, 2.05) is 55.6 Å². The van der Waals surface area contributed by atoms with Gasteiger partial charge in [-0.1, -0.05) is 41.9 Å². The van der Waals surface area contributed by atoms with Crippen molar-refractivity contribution in [2.45, 2.75) is 30.0 Å². The number of nitrogens with one attached hydrogen (secondary N) is 1. The minimum atomic E-state index is -0.171. The quantitative estimate of drug-likeness (QED) is 0.570. The molecule has 0 aliphatic heterocycles. The zero-order valence-electron chi connectivity index (χ0n) is 15.1. The number of hydrogen-bond donors (Lipinski definition) is 1. The van der Waals surface area contributed by atoms with E-state index in [4.69, 9.17) is 11.6 Å². The number of nitrogens with zero attached hydrogens (tertiary/aromatic N) is 2. The van der Waals surface area contributed by atoms with Crippen LogP contribution in [-0.2, 0) is 17.8 Å². The molecule has 0 fully saturated rings. The number of carbonyl (C=O) groups is 1. The van der Waals surface area contributed by atoms with Crippen LogP contribution in [0.15, 0.2) is 71.9 Å². The Labute approximate surface area is 169 Å². The van der Waals surface area contributed by atoms with Crippen molar-refractivity contribution >= 4 is 29.3 Å². The number of aromatic nitrogens is 2. The molecule has 27 heavy (non-hydrogen) atoms. The van der Waals surface area contributed by atoms with Gasteiger partial charge in [-0.25, -0.2) is 4.98 Å². The van der Waals surface area contributed by atoms with E-state index in [1.165, 1.54) is 17.3 Å². The molecular formula is C21H22ClN3OS. The van der Waals surface area contributed by atoms with Gasteiger partial charge in [0, 0.05) is 41.8 Å². The Kier molecular flexibility index (Phi) is 6.96. The van der Waals surface area contributed by atoms with Gasteiger partial charge in [-0.15, -0.1) is 11.8 Å². The first kappa shape index (κ1) is 19.5. The van der Waals surface area contributed by atoms with E-state index in [9.17, 15) is 4.79 Å². The van der Waals surface area contributed by atoms with Crippen molar-refractivity contribution in [1.29, 1.82) is 0 Å². The summed E-state index contributed by atoms with van der Waals surface area (Å²) >= 11 is 7.42. The summed E-state index contributed by atoms with van der Waals surface area (Å²) in [7, 11) is 0. The number of amides is 1. The number of carbonyl (C=O) groups excluding carboxylic acids is 1. The Morgan fingerprint density at radius 1 is 1.19 bits per heavy atom. The zero-order chi connectivity index (χ0) is 19.1. The van der Waals surface area contributed by atoms with E-state index in [2.05, 4.69) is 27.0 Å². The molecule has 140 valence electrons. The summed E-state index contributed by atoms with van der Waals surface area (Å²) in [4.78, 5) is 17.8. The average molecular weight is 400 g/mol. The number of halogens is 1. The molecule has 3 rings (SSSR count). The van der Waals surface area contributed by atoms with Crippen molar-refractivity contribution in [1.82, 2.24) is 14.9 Å². The molecule has 2 aromatic carbocycles. The molecular weight excluding hydrogens is 378 g/mol. The van der Waals surface area contributed by atoms with Crippen molar-refractivity contribution in [2.24, 2.45) is 0 Å². The van der Waals surface area contributed by atoms with E-state index in [0.29, 0.717) is 18.0 Å². The normalized spacial score (nSPS) is 11.9. The molecule has 1 atom stereocenters. The number of hydrogen-bond acceptors (Lipinski definition) is 3. The van der Waals surface area contributed by atoms with Gasteiger partial charge < -0.3 is 9.88 Å². The third kappa shape index (κ3) is 5.88. The number of imidazole rings is 1. The number of thioether (sulfide) groups is 1. The standard InChI is InChI=1S/C21H22ClN3OS/c1-16(27-19-9-7-18(22)8-10-19)21(26)24-12-11-20-23-13-14-25(20)15-17-5-3-2-4-6-17/h2-10,13-14,16H,11-12,15H2,1H3,(H,24,26). The highest BCUT2D eigenvalue weighted by Gasteiger charge is 2.14. The summed E-state index contributed by atoms with van der Waals surface area (Å²) in [5, 5.41) is 3.53. The summed E-state index contributed by atoms with van der Waals surface area (Å²) in [6, 6.07) is 17.8. The highest BCUT2D eigenvalue weighted by atomic mass is 35.5. The third-order valence-electron chi connectivity index (χ3n) is 4.14. The molecule has 0 bridgehead atoms. The molecule has 1 unspecified atom stereocenters. The van der Waals surface area contributed by atoms with Crippen LogP contribution in [0, 0.1) is 0 Å². The van der Waals surface area contributed by atoms with Crippen LogP contribution in [0.25, 0.3) is 0 Å². The van der Waals surface area contributed by atoms with Crippen LogP contribution in [0.3, 0.4) is 0 Å². The molecule has 0 radical (unpaired) electrons. The Bertz CT molecular complexity index is 865. The fraction of sp³-hybridized carbons (Fsp3) is 0.238. The topological polar surface area (TPSA) is 46.9 Å². The van der Waals surface area contributed by atoms with Crippen LogP contribution in [-0.4, -0.2) is 27.3 Å². The molecule has 6 heteroatoms. The van der Waals surface area contributed by atoms with Crippen molar-refractivity contribution in [3.05, 3.63) is 83.4 Å². The van der Waals surface area contributed by atoms with E-state index < -0.39 is 0 Å². The molecule has 0 aliphatic rings. The maximum absolute atomic E-state index is 12.3. The predicted molar refractivity (Wildman–Crippen MR) is 111 cm³/mol. The molecule has 0 saturated heterocycles. The van der Waals surface area contributed by atoms with E-state index in [1.54, 1.807) is 6.20 Å². The van der Waals surface area contributed by atoms with E-state index in [-0.39, 0.29) is 11.2 Å². The Balaban J connectivity index is 1.47. The zero-order valence-corrected chi connectivity index (χ0v) is 16.7. The Morgan fingerprint density at radius 2 is 1.93 bits per heavy atom. The van der Waals surface area contributed by atoms with Gasteiger partial charge in [-0.3, -0.25) is 4.79 Å². The Morgan fingerprint density at radius 3 is 2.67 bits per heavy atom. The second-order valence-electron chi connectivity index (χ2n) is 6.21. The minimum absolute atomic E-state index is 0.0242. The van der Waals surface area contributed by atoms with Crippen LogP contribution < -0.4 is 5.32 Å². The summed E-state index contributed by atoms with van der Waals surface area (Å²) in [5.41, 5.74) is 1.23. The van der Waals surface area contributed by atoms with Crippen molar-refractivity contribution in [2.75, 3.05) is 6.54 Å². The van der Waals surface area contributed by atoms with Gasteiger partial charge in [-0.2, -0.15) is 0 Å². The average Bonchev–Trinajstić information content (AvgIpc) is 3.11. The molecule has 4 nitrogen and oxygen atoms in total. The van der Waals surface area contributed by atoms with Crippen LogP contribution in [0.2, 0.25) is 5.02 Å². The van der Waals surface area contributed by atoms with Crippen LogP contribution >= 0.6 is 23.4 Å². The highest BCUT2D eigenvalue weighted by Crippen LogP contribution is 2.24. The summed E-state index contributed by atoms with van der Waals surface area (Å²) in [6.45, 7) is 3.26. The Hall–Kier alpha value is -2.24. The lowest BCUT2D eigenvalue weighted by molar-refractivity contribution is -0.120. The van der Waals surface area contributed by atoms with Gasteiger partial charge >= 0.3 is 0 Å². The molecule has 0 saturated carbocycles.